The lowest BCUT2D eigenvalue weighted by Gasteiger charge is -1.98. The van der Waals surface area contributed by atoms with E-state index in [1.54, 1.807) is 7.05 Å². The molecule has 0 spiro atoms. The number of aromatic nitrogens is 2. The molecule has 0 bridgehead atoms. The minimum atomic E-state index is -1.57. The molecule has 0 saturated heterocycles. The molecule has 1 aromatic heterocycles. The number of halogens is 1. The topological polar surface area (TPSA) is 84.2 Å². The van der Waals surface area contributed by atoms with Gasteiger partial charge in [-0.05, 0) is 0 Å². The highest BCUT2D eigenvalue weighted by Gasteiger charge is 2.14. The van der Waals surface area contributed by atoms with Crippen LogP contribution in [0, 0.1) is 0 Å². The molecular formula is C6H6ClN3O3. The number of carboxylic acid groups (broad SMARTS) is 1. The number of carboxylic acids is 1. The van der Waals surface area contributed by atoms with Gasteiger partial charge in [-0.2, -0.15) is 5.10 Å². The van der Waals surface area contributed by atoms with Gasteiger partial charge in [0.1, 0.15) is 5.15 Å². The minimum Gasteiger partial charge on any atom is -0.474 e. The highest BCUT2D eigenvalue weighted by molar-refractivity contribution is 6.38. The fourth-order valence-electron chi connectivity index (χ4n) is 0.682. The lowest BCUT2D eigenvalue weighted by Crippen LogP contribution is -2.21. The predicted molar refractivity (Wildman–Crippen MR) is 44.5 cm³/mol. The number of hydrogen-bond acceptors (Lipinski definition) is 3. The Morgan fingerprint density at radius 3 is 2.69 bits per heavy atom. The molecule has 0 fully saturated rings. The zero-order valence-electron chi connectivity index (χ0n) is 6.61. The number of rotatable bonds is 1. The molecule has 0 saturated carbocycles. The van der Waals surface area contributed by atoms with E-state index in [0.29, 0.717) is 0 Å². The van der Waals surface area contributed by atoms with Crippen LogP contribution in [0.3, 0.4) is 0 Å². The number of hydrogen-bond donors (Lipinski definition) is 2. The summed E-state index contributed by atoms with van der Waals surface area (Å²) in [5, 5.41) is 14.2. The summed E-state index contributed by atoms with van der Waals surface area (Å²) in [6.45, 7) is 0. The van der Waals surface area contributed by atoms with Crippen molar-refractivity contribution in [1.82, 2.24) is 9.78 Å². The van der Waals surface area contributed by atoms with E-state index in [0.717, 1.165) is 0 Å². The SMILES string of the molecule is Cn1ncc(NC(=O)C(=O)O)c1Cl. The molecule has 0 aliphatic carbocycles. The van der Waals surface area contributed by atoms with Crippen LogP contribution in [0.5, 0.6) is 0 Å². The second-order valence-corrected chi connectivity index (χ2v) is 2.59. The fraction of sp³-hybridized carbons (Fsp3) is 0.167. The van der Waals surface area contributed by atoms with E-state index in [-0.39, 0.29) is 10.8 Å². The van der Waals surface area contributed by atoms with Crippen molar-refractivity contribution in [1.29, 1.82) is 0 Å². The van der Waals surface area contributed by atoms with Gasteiger partial charge in [-0.1, -0.05) is 11.6 Å². The summed E-state index contributed by atoms with van der Waals surface area (Å²) < 4.78 is 1.30. The Bertz CT molecular complexity index is 360. The van der Waals surface area contributed by atoms with Gasteiger partial charge in [0.2, 0.25) is 0 Å². The Balaban J connectivity index is 2.81. The van der Waals surface area contributed by atoms with E-state index in [4.69, 9.17) is 16.7 Å². The molecular weight excluding hydrogens is 198 g/mol. The van der Waals surface area contributed by atoms with Gasteiger partial charge >= 0.3 is 11.9 Å². The molecule has 1 rings (SSSR count). The van der Waals surface area contributed by atoms with Crippen LogP contribution in [-0.4, -0.2) is 26.8 Å². The second-order valence-electron chi connectivity index (χ2n) is 2.23. The number of anilines is 1. The lowest BCUT2D eigenvalue weighted by atomic mass is 10.5. The first-order chi connectivity index (χ1) is 6.02. The van der Waals surface area contributed by atoms with Crippen LogP contribution in [-0.2, 0) is 16.6 Å². The molecule has 1 aromatic rings. The zero-order chi connectivity index (χ0) is 10.0. The summed E-state index contributed by atoms with van der Waals surface area (Å²) in [6.07, 6.45) is 1.27. The van der Waals surface area contributed by atoms with Gasteiger partial charge < -0.3 is 10.4 Å². The smallest absolute Gasteiger partial charge is 0.394 e. The van der Waals surface area contributed by atoms with Crippen LogP contribution < -0.4 is 5.32 Å². The van der Waals surface area contributed by atoms with E-state index in [1.807, 2.05) is 0 Å². The molecule has 1 amide bonds. The van der Waals surface area contributed by atoms with Gasteiger partial charge in [-0.15, -0.1) is 0 Å². The number of nitrogens with one attached hydrogen (secondary N) is 1. The Morgan fingerprint density at radius 2 is 2.31 bits per heavy atom. The van der Waals surface area contributed by atoms with E-state index < -0.39 is 11.9 Å². The van der Waals surface area contributed by atoms with Crippen LogP contribution in [0.4, 0.5) is 5.69 Å². The molecule has 2 N–H and O–H groups in total. The fourth-order valence-corrected chi connectivity index (χ4v) is 0.822. The van der Waals surface area contributed by atoms with Crippen LogP contribution in [0.2, 0.25) is 5.15 Å². The molecule has 0 aliphatic heterocycles. The molecule has 7 heteroatoms. The predicted octanol–water partition coefficient (Wildman–Crippen LogP) is 0.0966. The van der Waals surface area contributed by atoms with Crippen molar-refractivity contribution in [3.63, 3.8) is 0 Å². The highest BCUT2D eigenvalue weighted by Crippen LogP contribution is 2.19. The molecule has 13 heavy (non-hydrogen) atoms. The molecule has 6 nitrogen and oxygen atoms in total. The Kier molecular flexibility index (Phi) is 2.52. The number of aliphatic carboxylic acids is 1. The maximum atomic E-state index is 10.7. The average molecular weight is 204 g/mol. The Labute approximate surface area is 78.1 Å². The first kappa shape index (κ1) is 9.53. The van der Waals surface area contributed by atoms with Gasteiger partial charge in [0, 0.05) is 7.05 Å². The van der Waals surface area contributed by atoms with Gasteiger partial charge in [0.15, 0.2) is 0 Å². The second kappa shape index (κ2) is 3.44. The molecule has 1 heterocycles. The van der Waals surface area contributed by atoms with E-state index in [1.165, 1.54) is 10.9 Å². The van der Waals surface area contributed by atoms with Gasteiger partial charge in [-0.25, -0.2) is 4.79 Å². The Hall–Kier alpha value is -1.56. The van der Waals surface area contributed by atoms with Crippen LogP contribution in [0.15, 0.2) is 6.20 Å². The van der Waals surface area contributed by atoms with E-state index >= 15 is 0 Å². The normalized spacial score (nSPS) is 9.69. The van der Waals surface area contributed by atoms with Crippen molar-refractivity contribution in [3.05, 3.63) is 11.3 Å². The first-order valence-corrected chi connectivity index (χ1v) is 3.62. The molecule has 0 radical (unpaired) electrons. The molecule has 0 atom stereocenters. The van der Waals surface area contributed by atoms with Crippen LogP contribution in [0.1, 0.15) is 0 Å². The molecule has 0 unspecified atom stereocenters. The maximum absolute atomic E-state index is 10.7. The summed E-state index contributed by atoms with van der Waals surface area (Å²) in [6, 6.07) is 0. The average Bonchev–Trinajstić information content (AvgIpc) is 2.36. The summed E-state index contributed by atoms with van der Waals surface area (Å²) in [7, 11) is 1.57. The monoisotopic (exact) mass is 203 g/mol. The number of amides is 1. The number of nitrogens with zero attached hydrogens (tertiary/aromatic N) is 2. The summed E-state index contributed by atoms with van der Waals surface area (Å²) in [5.41, 5.74) is 0.177. The number of carbonyl (C=O) groups excluding carboxylic acids is 1. The summed E-state index contributed by atoms with van der Waals surface area (Å²) in [4.78, 5) is 20.8. The van der Waals surface area contributed by atoms with Gasteiger partial charge in [0.25, 0.3) is 0 Å². The lowest BCUT2D eigenvalue weighted by molar-refractivity contribution is -0.147. The first-order valence-electron chi connectivity index (χ1n) is 3.24. The van der Waals surface area contributed by atoms with Crippen molar-refractivity contribution in [2.75, 3.05) is 5.32 Å². The molecule has 0 aromatic carbocycles. The third-order valence-corrected chi connectivity index (χ3v) is 1.76. The van der Waals surface area contributed by atoms with Crippen molar-refractivity contribution < 1.29 is 14.7 Å². The third-order valence-electron chi connectivity index (χ3n) is 1.31. The third kappa shape index (κ3) is 1.97. The van der Waals surface area contributed by atoms with Crippen molar-refractivity contribution >= 4 is 29.2 Å². The van der Waals surface area contributed by atoms with E-state index in [9.17, 15) is 9.59 Å². The van der Waals surface area contributed by atoms with Gasteiger partial charge in [-0.3, -0.25) is 9.48 Å². The van der Waals surface area contributed by atoms with Crippen LogP contribution >= 0.6 is 11.6 Å². The van der Waals surface area contributed by atoms with Crippen molar-refractivity contribution in [3.8, 4) is 0 Å². The largest absolute Gasteiger partial charge is 0.474 e. The Morgan fingerprint density at radius 1 is 1.69 bits per heavy atom. The zero-order valence-corrected chi connectivity index (χ0v) is 7.37. The highest BCUT2D eigenvalue weighted by atomic mass is 35.5. The summed E-state index contributed by atoms with van der Waals surface area (Å²) >= 11 is 5.65. The minimum absolute atomic E-state index is 0.176. The van der Waals surface area contributed by atoms with Crippen molar-refractivity contribution in [2.24, 2.45) is 7.05 Å². The standard InChI is InChI=1S/C6H6ClN3O3/c1-10-4(7)3(2-8-10)9-5(11)6(12)13/h2H,1H3,(H,9,11)(H,12,13). The van der Waals surface area contributed by atoms with Gasteiger partial charge in [0.05, 0.1) is 11.9 Å². The molecule has 70 valence electrons. The number of carbonyl (C=O) groups is 2. The van der Waals surface area contributed by atoms with E-state index in [2.05, 4.69) is 10.4 Å². The summed E-state index contributed by atoms with van der Waals surface area (Å²) in [5.74, 6) is -2.71. The number of aryl methyl sites for hydroxylation is 1. The van der Waals surface area contributed by atoms with Crippen molar-refractivity contribution in [2.45, 2.75) is 0 Å². The quantitative estimate of drug-likeness (QED) is 0.634. The molecule has 0 aliphatic rings. The van der Waals surface area contributed by atoms with Crippen LogP contribution in [0.25, 0.3) is 0 Å². The maximum Gasteiger partial charge on any atom is 0.394 e.